The number of hydrogen-bond acceptors (Lipinski definition) is 2. The Morgan fingerprint density at radius 1 is 1.73 bits per heavy atom. The summed E-state index contributed by atoms with van der Waals surface area (Å²) in [5.41, 5.74) is -0.116. The summed E-state index contributed by atoms with van der Waals surface area (Å²) < 4.78 is 1.50. The zero-order chi connectivity index (χ0) is 8.10. The first-order valence-electron chi connectivity index (χ1n) is 3.24. The molecule has 1 heterocycles. The van der Waals surface area contributed by atoms with E-state index in [-0.39, 0.29) is 5.56 Å². The Labute approximate surface area is 64.7 Å². The molecule has 0 spiro atoms. The van der Waals surface area contributed by atoms with Gasteiger partial charge >= 0.3 is 0 Å². The molecule has 0 aliphatic heterocycles. The second-order valence-corrected chi connectivity index (χ2v) is 1.97. The summed E-state index contributed by atoms with van der Waals surface area (Å²) >= 11 is 0. The molecule has 11 heavy (non-hydrogen) atoms. The SMILES string of the molecule is CC#CCn1ccncc1=O. The van der Waals surface area contributed by atoms with Crippen molar-refractivity contribution < 1.29 is 0 Å². The molecule has 0 saturated carbocycles. The van der Waals surface area contributed by atoms with Crippen LogP contribution in [-0.4, -0.2) is 9.55 Å². The number of aromatic nitrogens is 2. The Morgan fingerprint density at radius 2 is 2.55 bits per heavy atom. The summed E-state index contributed by atoms with van der Waals surface area (Å²) in [5, 5.41) is 0. The predicted octanol–water partition coefficient (Wildman–Crippen LogP) is 0.267. The third kappa shape index (κ3) is 1.94. The van der Waals surface area contributed by atoms with E-state index in [1.807, 2.05) is 0 Å². The Kier molecular flexibility index (Phi) is 2.45. The fraction of sp³-hybridized carbons (Fsp3) is 0.250. The van der Waals surface area contributed by atoms with Gasteiger partial charge in [-0.3, -0.25) is 9.78 Å². The van der Waals surface area contributed by atoms with E-state index in [0.29, 0.717) is 6.54 Å². The first-order chi connectivity index (χ1) is 5.34. The summed E-state index contributed by atoms with van der Waals surface area (Å²) in [4.78, 5) is 14.6. The van der Waals surface area contributed by atoms with Crippen molar-refractivity contribution in [2.45, 2.75) is 13.5 Å². The third-order valence-electron chi connectivity index (χ3n) is 1.23. The molecule has 0 N–H and O–H groups in total. The molecule has 0 aliphatic carbocycles. The molecule has 0 aliphatic rings. The first-order valence-corrected chi connectivity index (χ1v) is 3.24. The molecule has 0 amide bonds. The van der Waals surface area contributed by atoms with Gasteiger partial charge in [0.05, 0.1) is 12.7 Å². The van der Waals surface area contributed by atoms with E-state index >= 15 is 0 Å². The van der Waals surface area contributed by atoms with Gasteiger partial charge in [0.1, 0.15) is 0 Å². The summed E-state index contributed by atoms with van der Waals surface area (Å²) in [7, 11) is 0. The highest BCUT2D eigenvalue weighted by atomic mass is 16.1. The molecule has 0 fully saturated rings. The van der Waals surface area contributed by atoms with Crippen LogP contribution in [0.4, 0.5) is 0 Å². The van der Waals surface area contributed by atoms with Crippen molar-refractivity contribution >= 4 is 0 Å². The van der Waals surface area contributed by atoms with Crippen LogP contribution in [0.5, 0.6) is 0 Å². The average Bonchev–Trinajstić information content (AvgIpc) is 2.03. The highest BCUT2D eigenvalue weighted by molar-refractivity contribution is 4.96. The molecule has 3 nitrogen and oxygen atoms in total. The van der Waals surface area contributed by atoms with E-state index in [0.717, 1.165) is 0 Å². The Morgan fingerprint density at radius 3 is 3.18 bits per heavy atom. The molecular formula is C8H8N2O. The maximum absolute atomic E-state index is 11.0. The molecule has 0 radical (unpaired) electrons. The van der Waals surface area contributed by atoms with Crippen LogP contribution in [0.3, 0.4) is 0 Å². The Bertz CT molecular complexity index is 343. The summed E-state index contributed by atoms with van der Waals surface area (Å²) in [5.74, 6) is 5.50. The highest BCUT2D eigenvalue weighted by Gasteiger charge is 1.88. The largest absolute Gasteiger partial charge is 0.301 e. The zero-order valence-electron chi connectivity index (χ0n) is 6.24. The van der Waals surface area contributed by atoms with Crippen molar-refractivity contribution in [3.05, 3.63) is 28.9 Å². The van der Waals surface area contributed by atoms with Gasteiger partial charge in [-0.2, -0.15) is 0 Å². The maximum atomic E-state index is 11.0. The Balaban J connectivity index is 2.92. The van der Waals surface area contributed by atoms with Crippen LogP contribution in [0.15, 0.2) is 23.4 Å². The summed E-state index contributed by atoms with van der Waals surface area (Å²) in [6.45, 7) is 2.18. The average molecular weight is 148 g/mol. The van der Waals surface area contributed by atoms with Gasteiger partial charge < -0.3 is 4.57 Å². The van der Waals surface area contributed by atoms with Crippen LogP contribution in [0, 0.1) is 11.8 Å². The summed E-state index contributed by atoms with van der Waals surface area (Å²) in [6, 6.07) is 0. The molecule has 0 bridgehead atoms. The van der Waals surface area contributed by atoms with Crippen LogP contribution in [0.1, 0.15) is 6.92 Å². The first kappa shape index (κ1) is 7.55. The van der Waals surface area contributed by atoms with E-state index in [9.17, 15) is 4.79 Å². The second-order valence-electron chi connectivity index (χ2n) is 1.97. The number of nitrogens with zero attached hydrogens (tertiary/aromatic N) is 2. The lowest BCUT2D eigenvalue weighted by molar-refractivity contribution is 0.781. The molecule has 56 valence electrons. The fourth-order valence-corrected chi connectivity index (χ4v) is 0.668. The molecule has 3 heteroatoms. The number of rotatable bonds is 1. The molecule has 0 saturated heterocycles. The van der Waals surface area contributed by atoms with E-state index in [1.165, 1.54) is 10.8 Å². The zero-order valence-corrected chi connectivity index (χ0v) is 6.24. The quantitative estimate of drug-likeness (QED) is 0.536. The minimum atomic E-state index is -0.116. The van der Waals surface area contributed by atoms with Gasteiger partial charge in [0.2, 0.25) is 0 Å². The van der Waals surface area contributed by atoms with Gasteiger partial charge in [-0.05, 0) is 6.92 Å². The summed E-state index contributed by atoms with van der Waals surface area (Å²) in [6.07, 6.45) is 4.46. The van der Waals surface area contributed by atoms with Gasteiger partial charge in [0.15, 0.2) is 0 Å². The lowest BCUT2D eigenvalue weighted by Crippen LogP contribution is -2.17. The monoisotopic (exact) mass is 148 g/mol. The second kappa shape index (κ2) is 3.57. The van der Waals surface area contributed by atoms with E-state index in [4.69, 9.17) is 0 Å². The van der Waals surface area contributed by atoms with Crippen LogP contribution >= 0.6 is 0 Å². The van der Waals surface area contributed by atoms with Gasteiger partial charge in [-0.1, -0.05) is 5.92 Å². The standard InChI is InChI=1S/C8H8N2O/c1-2-3-5-10-6-4-9-7-8(10)11/h4,6-7H,5H2,1H3. The van der Waals surface area contributed by atoms with Crippen LogP contribution in [0.25, 0.3) is 0 Å². The maximum Gasteiger partial charge on any atom is 0.269 e. The van der Waals surface area contributed by atoms with Crippen molar-refractivity contribution in [3.63, 3.8) is 0 Å². The molecule has 1 rings (SSSR count). The molecule has 1 aromatic rings. The molecule has 1 aromatic heterocycles. The van der Waals surface area contributed by atoms with Crippen LogP contribution in [0.2, 0.25) is 0 Å². The number of hydrogen-bond donors (Lipinski definition) is 0. The molecule has 0 aromatic carbocycles. The van der Waals surface area contributed by atoms with Crippen molar-refractivity contribution in [1.82, 2.24) is 9.55 Å². The third-order valence-corrected chi connectivity index (χ3v) is 1.23. The fourth-order valence-electron chi connectivity index (χ4n) is 0.668. The lowest BCUT2D eigenvalue weighted by atomic mass is 10.5. The Hall–Kier alpha value is -1.56. The highest BCUT2D eigenvalue weighted by Crippen LogP contribution is 1.75. The lowest BCUT2D eigenvalue weighted by Gasteiger charge is -1.95. The smallest absolute Gasteiger partial charge is 0.269 e. The minimum Gasteiger partial charge on any atom is -0.301 e. The van der Waals surface area contributed by atoms with Crippen molar-refractivity contribution in [2.75, 3.05) is 0 Å². The molecule has 0 atom stereocenters. The van der Waals surface area contributed by atoms with Gasteiger partial charge in [-0.25, -0.2) is 0 Å². The van der Waals surface area contributed by atoms with Crippen molar-refractivity contribution in [2.24, 2.45) is 0 Å². The van der Waals surface area contributed by atoms with E-state index < -0.39 is 0 Å². The van der Waals surface area contributed by atoms with Gasteiger partial charge in [0.25, 0.3) is 5.56 Å². The van der Waals surface area contributed by atoms with E-state index in [1.54, 1.807) is 19.3 Å². The van der Waals surface area contributed by atoms with Crippen LogP contribution < -0.4 is 5.56 Å². The molecular weight excluding hydrogens is 140 g/mol. The minimum absolute atomic E-state index is 0.116. The normalized spacial score (nSPS) is 8.45. The van der Waals surface area contributed by atoms with E-state index in [2.05, 4.69) is 16.8 Å². The van der Waals surface area contributed by atoms with Gasteiger partial charge in [-0.15, -0.1) is 5.92 Å². The van der Waals surface area contributed by atoms with Gasteiger partial charge in [0, 0.05) is 12.4 Å². The van der Waals surface area contributed by atoms with Crippen LogP contribution in [-0.2, 0) is 6.54 Å². The van der Waals surface area contributed by atoms with Crippen molar-refractivity contribution in [3.8, 4) is 11.8 Å². The topological polar surface area (TPSA) is 34.9 Å². The predicted molar refractivity (Wildman–Crippen MR) is 41.9 cm³/mol. The van der Waals surface area contributed by atoms with Crippen molar-refractivity contribution in [1.29, 1.82) is 0 Å². The molecule has 0 unspecified atom stereocenters.